The number of nitrogens with zero attached hydrogens (tertiary/aromatic N) is 1. The van der Waals surface area contributed by atoms with Crippen LogP contribution >= 0.6 is 0 Å². The third kappa shape index (κ3) is 3.26. The van der Waals surface area contributed by atoms with Gasteiger partial charge in [-0.3, -0.25) is 4.79 Å². The third-order valence-electron chi connectivity index (χ3n) is 10.3. The van der Waals surface area contributed by atoms with Crippen LogP contribution in [0.1, 0.15) is 70.8 Å². The fourth-order valence-corrected chi connectivity index (χ4v) is 8.45. The van der Waals surface area contributed by atoms with E-state index in [2.05, 4.69) is 62.2 Å². The molecule has 0 aromatic heterocycles. The lowest BCUT2D eigenvalue weighted by Crippen LogP contribution is -2.61. The minimum atomic E-state index is 0.323. The maximum Gasteiger partial charge on any atom is 0.222 e. The summed E-state index contributed by atoms with van der Waals surface area (Å²) in [5.74, 6) is 4.46. The summed E-state index contributed by atoms with van der Waals surface area (Å²) in [4.78, 5) is 14.5. The topological polar surface area (TPSA) is 29.5 Å². The molecule has 0 unspecified atom stereocenters. The predicted octanol–water partition coefficient (Wildman–Crippen LogP) is 6.19. The molecule has 1 amide bonds. The first-order valence-electron chi connectivity index (χ1n) is 12.4. The number of amides is 1. The predicted molar refractivity (Wildman–Crippen MR) is 126 cm³/mol. The van der Waals surface area contributed by atoms with Crippen LogP contribution in [0.5, 0.6) is 5.75 Å². The molecule has 1 saturated heterocycles. The van der Waals surface area contributed by atoms with Crippen molar-refractivity contribution in [2.75, 3.05) is 14.2 Å². The van der Waals surface area contributed by atoms with E-state index in [1.54, 1.807) is 7.11 Å². The number of fused-ring (bicyclic) bond motifs is 5. The van der Waals surface area contributed by atoms with Crippen LogP contribution in [0.25, 0.3) is 6.08 Å². The molecule has 3 aliphatic carbocycles. The number of allylic oxidation sites excluding steroid dienone is 1. The van der Waals surface area contributed by atoms with E-state index in [0.29, 0.717) is 28.7 Å². The smallest absolute Gasteiger partial charge is 0.222 e. The van der Waals surface area contributed by atoms with E-state index < -0.39 is 0 Å². The van der Waals surface area contributed by atoms with Crippen LogP contribution in [0.2, 0.25) is 0 Å². The summed E-state index contributed by atoms with van der Waals surface area (Å²) < 4.78 is 5.30. The minimum absolute atomic E-state index is 0.323. The van der Waals surface area contributed by atoms with E-state index in [1.165, 1.54) is 44.1 Å². The molecular weight excluding hydrogens is 382 g/mol. The summed E-state index contributed by atoms with van der Waals surface area (Å²) in [6.45, 7) is 5.12. The van der Waals surface area contributed by atoms with Crippen LogP contribution in [0, 0.1) is 34.5 Å². The number of hydrogen-bond acceptors (Lipinski definition) is 2. The molecule has 0 N–H and O–H groups in total. The van der Waals surface area contributed by atoms with Gasteiger partial charge in [-0.1, -0.05) is 38.1 Å². The molecule has 1 aliphatic heterocycles. The quantitative estimate of drug-likeness (QED) is 0.582. The van der Waals surface area contributed by atoms with Crippen LogP contribution in [0.15, 0.2) is 30.3 Å². The average Bonchev–Trinajstić information content (AvgIpc) is 3.12. The molecule has 1 aromatic rings. The zero-order valence-electron chi connectivity index (χ0n) is 19.8. The second-order valence-electron chi connectivity index (χ2n) is 11.3. The lowest BCUT2D eigenvalue weighted by atomic mass is 9.47. The van der Waals surface area contributed by atoms with Crippen molar-refractivity contribution in [2.45, 2.75) is 71.3 Å². The van der Waals surface area contributed by atoms with Crippen molar-refractivity contribution in [3.05, 3.63) is 35.9 Å². The lowest BCUT2D eigenvalue weighted by molar-refractivity contribution is -0.157. The summed E-state index contributed by atoms with van der Waals surface area (Å²) in [6.07, 6.45) is 14.6. The molecule has 0 radical (unpaired) electrons. The highest BCUT2D eigenvalue weighted by Gasteiger charge is 2.60. The van der Waals surface area contributed by atoms with Gasteiger partial charge in [0.1, 0.15) is 5.75 Å². The van der Waals surface area contributed by atoms with E-state index in [-0.39, 0.29) is 0 Å². The van der Waals surface area contributed by atoms with E-state index in [4.69, 9.17) is 4.74 Å². The number of ether oxygens (including phenoxy) is 1. The van der Waals surface area contributed by atoms with E-state index in [0.717, 1.165) is 36.3 Å². The Bertz CT molecular complexity index is 860. The van der Waals surface area contributed by atoms with Crippen molar-refractivity contribution < 1.29 is 9.53 Å². The van der Waals surface area contributed by atoms with E-state index in [1.807, 2.05) is 0 Å². The molecule has 5 rings (SSSR count). The Labute approximate surface area is 188 Å². The molecule has 7 atom stereocenters. The van der Waals surface area contributed by atoms with Gasteiger partial charge in [0.15, 0.2) is 0 Å². The average molecular weight is 422 g/mol. The Morgan fingerprint density at radius 1 is 0.968 bits per heavy atom. The van der Waals surface area contributed by atoms with Crippen molar-refractivity contribution >= 4 is 12.0 Å². The molecule has 1 aromatic carbocycles. The van der Waals surface area contributed by atoms with Gasteiger partial charge in [-0.15, -0.1) is 0 Å². The lowest BCUT2D eigenvalue weighted by Gasteiger charge is -2.61. The van der Waals surface area contributed by atoms with Gasteiger partial charge in [0.2, 0.25) is 5.91 Å². The van der Waals surface area contributed by atoms with Crippen LogP contribution in [0.3, 0.4) is 0 Å². The molecule has 3 nitrogen and oxygen atoms in total. The van der Waals surface area contributed by atoms with Crippen molar-refractivity contribution in [3.63, 3.8) is 0 Å². The van der Waals surface area contributed by atoms with Gasteiger partial charge in [-0.25, -0.2) is 0 Å². The summed E-state index contributed by atoms with van der Waals surface area (Å²) in [5, 5.41) is 0. The Kier molecular flexibility index (Phi) is 5.22. The number of hydrogen-bond donors (Lipinski definition) is 0. The second kappa shape index (κ2) is 7.67. The molecule has 4 aliphatic rings. The fourth-order valence-electron chi connectivity index (χ4n) is 8.45. The van der Waals surface area contributed by atoms with Gasteiger partial charge in [-0.05, 0) is 97.1 Å². The number of likely N-dealkylation sites (tertiary alicyclic amines) is 1. The summed E-state index contributed by atoms with van der Waals surface area (Å²) >= 11 is 0. The number of methoxy groups -OCH3 is 1. The molecule has 0 bridgehead atoms. The van der Waals surface area contributed by atoms with Crippen molar-refractivity contribution in [1.29, 1.82) is 0 Å². The van der Waals surface area contributed by atoms with Crippen molar-refractivity contribution in [2.24, 2.45) is 34.5 Å². The standard InChI is InChI=1S/C28H39NO2/c1-27-17-15-24-22(12-14-25-28(24,2)18-16-26(30)29(25)3)23(27)13-9-20(27)8-5-19-6-10-21(31-4)11-7-19/h5-8,10-11,20,22-25H,9,12-18H2,1-4H3/t20-,22-,23-,24-,25+,27+,28+/m0/s1. The van der Waals surface area contributed by atoms with Crippen LogP contribution in [0.4, 0.5) is 0 Å². The fraction of sp³-hybridized carbons (Fsp3) is 0.679. The first-order valence-corrected chi connectivity index (χ1v) is 12.4. The first kappa shape index (κ1) is 21.1. The third-order valence-corrected chi connectivity index (χ3v) is 10.3. The van der Waals surface area contributed by atoms with Crippen molar-refractivity contribution in [1.82, 2.24) is 4.90 Å². The van der Waals surface area contributed by atoms with Gasteiger partial charge < -0.3 is 9.64 Å². The van der Waals surface area contributed by atoms with Gasteiger partial charge in [0.05, 0.1) is 7.11 Å². The van der Waals surface area contributed by atoms with Gasteiger partial charge in [0.25, 0.3) is 0 Å². The number of benzene rings is 1. The van der Waals surface area contributed by atoms with E-state index in [9.17, 15) is 4.79 Å². The number of carbonyl (C=O) groups is 1. The van der Waals surface area contributed by atoms with Gasteiger partial charge >= 0.3 is 0 Å². The minimum Gasteiger partial charge on any atom is -0.497 e. The van der Waals surface area contributed by atoms with Crippen molar-refractivity contribution in [3.8, 4) is 5.75 Å². The molecule has 4 fully saturated rings. The highest BCUT2D eigenvalue weighted by molar-refractivity contribution is 5.77. The Balaban J connectivity index is 1.34. The number of carbonyl (C=O) groups excluding carboxylic acids is 1. The zero-order valence-corrected chi connectivity index (χ0v) is 19.8. The largest absolute Gasteiger partial charge is 0.497 e. The molecule has 1 heterocycles. The highest BCUT2D eigenvalue weighted by Crippen LogP contribution is 2.66. The normalized spacial score (nSPS) is 42.3. The molecule has 168 valence electrons. The maximum absolute atomic E-state index is 12.4. The van der Waals surface area contributed by atoms with Gasteiger partial charge in [-0.2, -0.15) is 0 Å². The van der Waals surface area contributed by atoms with Gasteiger partial charge in [0, 0.05) is 19.5 Å². The summed E-state index contributed by atoms with van der Waals surface area (Å²) in [7, 11) is 3.78. The second-order valence-corrected chi connectivity index (χ2v) is 11.3. The molecule has 3 saturated carbocycles. The van der Waals surface area contributed by atoms with Crippen LogP contribution in [-0.4, -0.2) is 31.0 Å². The molecule has 3 heteroatoms. The van der Waals surface area contributed by atoms with Crippen LogP contribution < -0.4 is 4.74 Å². The molecular formula is C28H39NO2. The van der Waals surface area contributed by atoms with Crippen LogP contribution in [-0.2, 0) is 4.79 Å². The molecule has 31 heavy (non-hydrogen) atoms. The Morgan fingerprint density at radius 2 is 1.71 bits per heavy atom. The van der Waals surface area contributed by atoms with E-state index >= 15 is 0 Å². The zero-order chi connectivity index (χ0) is 21.8. The Hall–Kier alpha value is -1.77. The number of rotatable bonds is 3. The summed E-state index contributed by atoms with van der Waals surface area (Å²) in [6, 6.07) is 8.88. The maximum atomic E-state index is 12.4. The highest BCUT2D eigenvalue weighted by atomic mass is 16.5. The summed E-state index contributed by atoms with van der Waals surface area (Å²) in [5.41, 5.74) is 2.03. The first-order chi connectivity index (χ1) is 14.9. The Morgan fingerprint density at radius 3 is 2.45 bits per heavy atom. The SMILES string of the molecule is COc1ccc(C=C[C@H]2CC[C@H]3[C@@H]4CC[C@H]5N(C)C(=O)CC[C@]5(C)[C@H]4CC[C@]23C)cc1. The molecule has 0 spiro atoms. The number of piperidine rings is 1. The monoisotopic (exact) mass is 421 g/mol.